The van der Waals surface area contributed by atoms with Crippen LogP contribution in [0.4, 0.5) is 11.5 Å². The zero-order valence-electron chi connectivity index (χ0n) is 12.7. The maximum Gasteiger partial charge on any atom is 0.233 e. The van der Waals surface area contributed by atoms with Crippen molar-refractivity contribution in [1.29, 1.82) is 5.26 Å². The van der Waals surface area contributed by atoms with Crippen molar-refractivity contribution in [2.24, 2.45) is 0 Å². The quantitative estimate of drug-likeness (QED) is 0.861. The Kier molecular flexibility index (Phi) is 4.49. The summed E-state index contributed by atoms with van der Waals surface area (Å²) in [6, 6.07) is 7.58. The first kappa shape index (κ1) is 15.4. The Bertz CT molecular complexity index is 737. The average Bonchev–Trinajstić information content (AvgIpc) is 2.62. The molecule has 1 aliphatic heterocycles. The normalized spacial score (nSPS) is 14.5. The number of anilines is 2. The molecule has 0 spiro atoms. The molecule has 2 heterocycles. The van der Waals surface area contributed by atoms with E-state index in [2.05, 4.69) is 25.8 Å². The number of hydrogen-bond acceptors (Lipinski definition) is 6. The van der Waals surface area contributed by atoms with E-state index in [4.69, 9.17) is 16.3 Å². The maximum atomic E-state index is 9.27. The van der Waals surface area contributed by atoms with E-state index >= 15 is 0 Å². The number of ether oxygens (including phenoxy) is 1. The van der Waals surface area contributed by atoms with Crippen molar-refractivity contribution in [3.8, 4) is 11.9 Å². The van der Waals surface area contributed by atoms with Crippen molar-refractivity contribution in [1.82, 2.24) is 9.97 Å². The Labute approximate surface area is 139 Å². The third-order valence-electron chi connectivity index (χ3n) is 3.83. The highest BCUT2D eigenvalue weighted by atomic mass is 35.5. The number of nitriles is 1. The summed E-state index contributed by atoms with van der Waals surface area (Å²) in [6.45, 7) is 3.15. The molecule has 7 heteroatoms. The fourth-order valence-corrected chi connectivity index (χ4v) is 2.79. The van der Waals surface area contributed by atoms with Gasteiger partial charge in [0, 0.05) is 31.2 Å². The number of halogens is 1. The summed E-state index contributed by atoms with van der Waals surface area (Å²) >= 11 is 6.07. The van der Waals surface area contributed by atoms with Gasteiger partial charge in [0.2, 0.25) is 5.88 Å². The van der Waals surface area contributed by atoms with Crippen LogP contribution < -0.4 is 14.5 Å². The van der Waals surface area contributed by atoms with E-state index in [0.29, 0.717) is 16.5 Å². The van der Waals surface area contributed by atoms with Crippen molar-refractivity contribution < 1.29 is 4.74 Å². The van der Waals surface area contributed by atoms with Gasteiger partial charge < -0.3 is 14.5 Å². The van der Waals surface area contributed by atoms with Gasteiger partial charge in [0.15, 0.2) is 5.82 Å². The maximum absolute atomic E-state index is 9.27. The first-order valence-corrected chi connectivity index (χ1v) is 7.64. The molecule has 6 nitrogen and oxygen atoms in total. The van der Waals surface area contributed by atoms with Crippen LogP contribution in [0.5, 0.6) is 5.88 Å². The van der Waals surface area contributed by atoms with Gasteiger partial charge in [-0.3, -0.25) is 4.98 Å². The third-order valence-corrected chi connectivity index (χ3v) is 4.07. The number of piperazine rings is 1. The number of methoxy groups -OCH3 is 1. The molecule has 0 aliphatic carbocycles. The average molecular weight is 330 g/mol. The summed E-state index contributed by atoms with van der Waals surface area (Å²) in [5.74, 6) is 1.31. The highest BCUT2D eigenvalue weighted by molar-refractivity contribution is 6.30. The second-order valence-electron chi connectivity index (χ2n) is 5.17. The molecule has 23 heavy (non-hydrogen) atoms. The molecule has 2 aromatic rings. The molecule has 0 bridgehead atoms. The third kappa shape index (κ3) is 3.30. The predicted molar refractivity (Wildman–Crippen MR) is 89.2 cm³/mol. The van der Waals surface area contributed by atoms with E-state index in [1.54, 1.807) is 31.6 Å². The Balaban J connectivity index is 1.74. The van der Waals surface area contributed by atoms with Gasteiger partial charge in [-0.1, -0.05) is 11.6 Å². The minimum Gasteiger partial charge on any atom is -0.480 e. The van der Waals surface area contributed by atoms with Crippen LogP contribution in [0.25, 0.3) is 0 Å². The number of aromatic nitrogens is 2. The van der Waals surface area contributed by atoms with Gasteiger partial charge in [-0.2, -0.15) is 10.2 Å². The summed E-state index contributed by atoms with van der Waals surface area (Å²) in [6.07, 6.45) is 3.32. The first-order valence-electron chi connectivity index (χ1n) is 7.27. The van der Waals surface area contributed by atoms with Crippen molar-refractivity contribution in [3.05, 3.63) is 41.2 Å². The van der Waals surface area contributed by atoms with E-state index < -0.39 is 0 Å². The van der Waals surface area contributed by atoms with Gasteiger partial charge in [-0.15, -0.1) is 0 Å². The smallest absolute Gasteiger partial charge is 0.233 e. The van der Waals surface area contributed by atoms with Crippen molar-refractivity contribution in [2.75, 3.05) is 43.1 Å². The van der Waals surface area contributed by atoms with Gasteiger partial charge in [0.05, 0.1) is 30.8 Å². The molecule has 0 amide bonds. The highest BCUT2D eigenvalue weighted by Gasteiger charge is 2.21. The van der Waals surface area contributed by atoms with Gasteiger partial charge in [0.1, 0.15) is 6.07 Å². The number of nitrogens with zero attached hydrogens (tertiary/aromatic N) is 5. The summed E-state index contributed by atoms with van der Waals surface area (Å²) in [5.41, 5.74) is 1.53. The molecule has 0 atom stereocenters. The first-order chi connectivity index (χ1) is 11.2. The summed E-state index contributed by atoms with van der Waals surface area (Å²) < 4.78 is 5.12. The van der Waals surface area contributed by atoms with Crippen LogP contribution >= 0.6 is 11.6 Å². The van der Waals surface area contributed by atoms with Crippen molar-refractivity contribution in [2.45, 2.75) is 0 Å². The predicted octanol–water partition coefficient (Wildman–Crippen LogP) is 2.34. The van der Waals surface area contributed by atoms with Crippen LogP contribution in [-0.2, 0) is 0 Å². The molecule has 1 aromatic carbocycles. The van der Waals surface area contributed by atoms with E-state index in [9.17, 15) is 5.26 Å². The molecular formula is C16H16ClN5O. The van der Waals surface area contributed by atoms with E-state index in [-0.39, 0.29) is 0 Å². The molecule has 1 aromatic heterocycles. The molecule has 0 saturated carbocycles. The monoisotopic (exact) mass is 329 g/mol. The lowest BCUT2D eigenvalue weighted by atomic mass is 10.1. The van der Waals surface area contributed by atoms with Crippen molar-refractivity contribution >= 4 is 23.1 Å². The van der Waals surface area contributed by atoms with Crippen LogP contribution in [0.1, 0.15) is 5.56 Å². The van der Waals surface area contributed by atoms with Crippen LogP contribution in [0, 0.1) is 11.3 Å². The number of hydrogen-bond donors (Lipinski definition) is 0. The summed E-state index contributed by atoms with van der Waals surface area (Å²) in [5, 5.41) is 9.90. The zero-order chi connectivity index (χ0) is 16.2. The summed E-state index contributed by atoms with van der Waals surface area (Å²) in [7, 11) is 1.58. The van der Waals surface area contributed by atoms with Crippen LogP contribution in [0.2, 0.25) is 5.02 Å². The Morgan fingerprint density at radius 2 is 1.91 bits per heavy atom. The zero-order valence-corrected chi connectivity index (χ0v) is 13.5. The largest absolute Gasteiger partial charge is 0.480 e. The molecular weight excluding hydrogens is 314 g/mol. The van der Waals surface area contributed by atoms with Gasteiger partial charge in [-0.05, 0) is 18.2 Å². The lowest BCUT2D eigenvalue weighted by Crippen LogP contribution is -2.47. The minimum absolute atomic E-state index is 0.506. The highest BCUT2D eigenvalue weighted by Crippen LogP contribution is 2.26. The molecule has 1 fully saturated rings. The molecule has 1 aliphatic rings. The van der Waals surface area contributed by atoms with E-state index in [1.165, 1.54) is 0 Å². The van der Waals surface area contributed by atoms with Crippen LogP contribution in [0.3, 0.4) is 0 Å². The van der Waals surface area contributed by atoms with Crippen LogP contribution in [0.15, 0.2) is 30.6 Å². The van der Waals surface area contributed by atoms with Crippen LogP contribution in [-0.4, -0.2) is 43.3 Å². The molecule has 3 rings (SSSR count). The van der Waals surface area contributed by atoms with Gasteiger partial charge in [0.25, 0.3) is 0 Å². The molecule has 0 radical (unpaired) electrons. The summed E-state index contributed by atoms with van der Waals surface area (Å²) in [4.78, 5) is 12.9. The fourth-order valence-electron chi connectivity index (χ4n) is 2.63. The Morgan fingerprint density at radius 3 is 2.61 bits per heavy atom. The molecule has 0 unspecified atom stereocenters. The fraction of sp³-hybridized carbons (Fsp3) is 0.312. The van der Waals surface area contributed by atoms with Gasteiger partial charge >= 0.3 is 0 Å². The van der Waals surface area contributed by atoms with Crippen molar-refractivity contribution in [3.63, 3.8) is 0 Å². The number of benzene rings is 1. The van der Waals surface area contributed by atoms with E-state index in [1.807, 2.05) is 6.07 Å². The lowest BCUT2D eigenvalue weighted by molar-refractivity contribution is 0.395. The second-order valence-corrected chi connectivity index (χ2v) is 5.60. The lowest BCUT2D eigenvalue weighted by Gasteiger charge is -2.37. The number of rotatable bonds is 3. The topological polar surface area (TPSA) is 65.3 Å². The molecule has 118 valence electrons. The standard InChI is InChI=1S/C16H16ClN5O/c1-23-16-11-19-10-15(20-16)22-6-4-21(5-7-22)14-8-13(17)3-2-12(14)9-18/h2-3,8,10-11H,4-7H2,1H3. The minimum atomic E-state index is 0.506. The molecule has 0 N–H and O–H groups in total. The van der Waals surface area contributed by atoms with Gasteiger partial charge in [-0.25, -0.2) is 0 Å². The Morgan fingerprint density at radius 1 is 1.17 bits per heavy atom. The Hall–Kier alpha value is -2.52. The molecule has 1 saturated heterocycles. The van der Waals surface area contributed by atoms with E-state index in [0.717, 1.165) is 37.7 Å². The second kappa shape index (κ2) is 6.71. The SMILES string of the molecule is COc1cncc(N2CCN(c3cc(Cl)ccc3C#N)CC2)n1.